The standard InChI is InChI=1S/C25H29ClN4OS/c1-5-14-30-23(28-29-25(30)32-16-19-12-10-18(4)11-13-19)22(15-17(2)3)27-24(31)20-8-6-7-9-21(20)26/h5-13,17,22H,1,14-16H2,2-4H3,(H,27,31). The van der Waals surface area contributed by atoms with E-state index in [-0.39, 0.29) is 11.9 Å². The van der Waals surface area contributed by atoms with Crippen molar-refractivity contribution in [2.24, 2.45) is 5.92 Å². The fourth-order valence-electron chi connectivity index (χ4n) is 3.38. The van der Waals surface area contributed by atoms with Crippen LogP contribution in [0.3, 0.4) is 0 Å². The molecule has 0 spiro atoms. The predicted octanol–water partition coefficient (Wildman–Crippen LogP) is 6.24. The van der Waals surface area contributed by atoms with Crippen LogP contribution in [-0.4, -0.2) is 20.7 Å². The number of hydrogen-bond donors (Lipinski definition) is 1. The zero-order valence-corrected chi connectivity index (χ0v) is 20.3. The third-order valence-electron chi connectivity index (χ3n) is 4.99. The van der Waals surface area contributed by atoms with Crippen molar-refractivity contribution >= 4 is 29.3 Å². The quantitative estimate of drug-likeness (QED) is 0.283. The number of amides is 1. The van der Waals surface area contributed by atoms with Crippen LogP contribution in [0.15, 0.2) is 66.3 Å². The molecule has 0 saturated carbocycles. The molecular formula is C25H29ClN4OS. The SMILES string of the molecule is C=CCn1c(SCc2ccc(C)cc2)nnc1C(CC(C)C)NC(=O)c1ccccc1Cl. The van der Waals surface area contributed by atoms with Crippen LogP contribution in [-0.2, 0) is 12.3 Å². The lowest BCUT2D eigenvalue weighted by Gasteiger charge is -2.21. The van der Waals surface area contributed by atoms with Crippen LogP contribution in [0.4, 0.5) is 0 Å². The molecule has 0 bridgehead atoms. The summed E-state index contributed by atoms with van der Waals surface area (Å²) in [5.41, 5.74) is 2.91. The Kier molecular flexibility index (Phi) is 8.53. The summed E-state index contributed by atoms with van der Waals surface area (Å²) in [6.07, 6.45) is 2.55. The largest absolute Gasteiger partial charge is 0.342 e. The number of halogens is 1. The summed E-state index contributed by atoms with van der Waals surface area (Å²) in [6, 6.07) is 15.2. The molecule has 3 rings (SSSR count). The molecule has 1 aromatic heterocycles. The minimum Gasteiger partial charge on any atom is -0.342 e. The highest BCUT2D eigenvalue weighted by molar-refractivity contribution is 7.98. The number of nitrogens with one attached hydrogen (secondary N) is 1. The van der Waals surface area contributed by atoms with Gasteiger partial charge in [0.05, 0.1) is 16.6 Å². The van der Waals surface area contributed by atoms with Gasteiger partial charge in [-0.05, 0) is 37.0 Å². The number of thioether (sulfide) groups is 1. The van der Waals surface area contributed by atoms with E-state index >= 15 is 0 Å². The maximum Gasteiger partial charge on any atom is 0.253 e. The van der Waals surface area contributed by atoms with Crippen LogP contribution in [0, 0.1) is 12.8 Å². The van der Waals surface area contributed by atoms with Crippen molar-refractivity contribution in [2.75, 3.05) is 0 Å². The second kappa shape index (κ2) is 11.3. The third-order valence-corrected chi connectivity index (χ3v) is 6.36. The maximum atomic E-state index is 13.0. The second-order valence-electron chi connectivity index (χ2n) is 8.15. The fourth-order valence-corrected chi connectivity index (χ4v) is 4.51. The van der Waals surface area contributed by atoms with Gasteiger partial charge in [-0.2, -0.15) is 0 Å². The lowest BCUT2D eigenvalue weighted by molar-refractivity contribution is 0.0929. The van der Waals surface area contributed by atoms with E-state index in [1.807, 2.05) is 16.7 Å². The molecule has 1 unspecified atom stereocenters. The van der Waals surface area contributed by atoms with Crippen molar-refractivity contribution in [3.8, 4) is 0 Å². The van der Waals surface area contributed by atoms with Gasteiger partial charge >= 0.3 is 0 Å². The molecule has 0 saturated heterocycles. The van der Waals surface area contributed by atoms with Crippen LogP contribution in [0.2, 0.25) is 5.02 Å². The molecule has 1 amide bonds. The molecule has 0 aliphatic rings. The minimum atomic E-state index is -0.292. The summed E-state index contributed by atoms with van der Waals surface area (Å²) in [7, 11) is 0. The maximum absolute atomic E-state index is 13.0. The summed E-state index contributed by atoms with van der Waals surface area (Å²) >= 11 is 7.87. The monoisotopic (exact) mass is 468 g/mol. The van der Waals surface area contributed by atoms with E-state index in [0.717, 1.165) is 23.2 Å². The normalized spacial score (nSPS) is 12.0. The van der Waals surface area contributed by atoms with Gasteiger partial charge in [-0.1, -0.05) is 85.2 Å². The minimum absolute atomic E-state index is 0.219. The van der Waals surface area contributed by atoms with Gasteiger partial charge in [0.15, 0.2) is 11.0 Å². The highest BCUT2D eigenvalue weighted by Gasteiger charge is 2.25. The Morgan fingerprint density at radius 1 is 1.19 bits per heavy atom. The first-order valence-corrected chi connectivity index (χ1v) is 12.0. The number of hydrogen-bond acceptors (Lipinski definition) is 4. The van der Waals surface area contributed by atoms with Crippen molar-refractivity contribution in [2.45, 2.75) is 50.7 Å². The van der Waals surface area contributed by atoms with Gasteiger partial charge in [0.2, 0.25) is 0 Å². The molecule has 1 atom stereocenters. The number of carbonyl (C=O) groups is 1. The van der Waals surface area contributed by atoms with Crippen molar-refractivity contribution in [1.82, 2.24) is 20.1 Å². The third kappa shape index (κ3) is 6.24. The molecule has 168 valence electrons. The molecule has 0 radical (unpaired) electrons. The Morgan fingerprint density at radius 3 is 2.56 bits per heavy atom. The highest BCUT2D eigenvalue weighted by atomic mass is 35.5. The average molecular weight is 469 g/mol. The van der Waals surface area contributed by atoms with Crippen molar-refractivity contribution < 1.29 is 4.79 Å². The van der Waals surface area contributed by atoms with E-state index in [1.165, 1.54) is 11.1 Å². The first kappa shape index (κ1) is 24.1. The van der Waals surface area contributed by atoms with Gasteiger partial charge in [-0.3, -0.25) is 4.79 Å². The van der Waals surface area contributed by atoms with Gasteiger partial charge in [0.25, 0.3) is 5.91 Å². The number of aromatic nitrogens is 3. The molecule has 5 nitrogen and oxygen atoms in total. The smallest absolute Gasteiger partial charge is 0.253 e. The Morgan fingerprint density at radius 2 is 1.91 bits per heavy atom. The van der Waals surface area contributed by atoms with E-state index in [0.29, 0.717) is 23.0 Å². The lowest BCUT2D eigenvalue weighted by Crippen LogP contribution is -2.31. The first-order chi connectivity index (χ1) is 15.4. The molecule has 1 N–H and O–H groups in total. The Labute approximate surface area is 199 Å². The number of aryl methyl sites for hydroxylation is 1. The summed E-state index contributed by atoms with van der Waals surface area (Å²) < 4.78 is 2.03. The molecular weight excluding hydrogens is 440 g/mol. The van der Waals surface area contributed by atoms with E-state index in [4.69, 9.17) is 11.6 Å². The topological polar surface area (TPSA) is 59.8 Å². The van der Waals surface area contributed by atoms with Crippen LogP contribution < -0.4 is 5.32 Å². The van der Waals surface area contributed by atoms with Crippen LogP contribution >= 0.6 is 23.4 Å². The van der Waals surface area contributed by atoms with Crippen LogP contribution in [0.25, 0.3) is 0 Å². The van der Waals surface area contributed by atoms with Crippen molar-refractivity contribution in [3.05, 3.63) is 88.7 Å². The van der Waals surface area contributed by atoms with E-state index in [1.54, 1.807) is 30.0 Å². The van der Waals surface area contributed by atoms with Gasteiger partial charge in [0, 0.05) is 12.3 Å². The predicted molar refractivity (Wildman–Crippen MR) is 132 cm³/mol. The molecule has 2 aromatic carbocycles. The van der Waals surface area contributed by atoms with Gasteiger partial charge in [0.1, 0.15) is 0 Å². The van der Waals surface area contributed by atoms with E-state index < -0.39 is 0 Å². The van der Waals surface area contributed by atoms with E-state index in [2.05, 4.69) is 67.1 Å². The lowest BCUT2D eigenvalue weighted by atomic mass is 10.0. The van der Waals surface area contributed by atoms with Crippen molar-refractivity contribution in [3.63, 3.8) is 0 Å². The average Bonchev–Trinajstić information content (AvgIpc) is 3.15. The first-order valence-electron chi connectivity index (χ1n) is 10.7. The van der Waals surface area contributed by atoms with Gasteiger partial charge in [-0.25, -0.2) is 0 Å². The Hall–Kier alpha value is -2.57. The number of nitrogens with zero attached hydrogens (tertiary/aromatic N) is 3. The summed E-state index contributed by atoms with van der Waals surface area (Å²) in [6.45, 7) is 10.8. The molecule has 0 aliphatic carbocycles. The number of benzene rings is 2. The fraction of sp³-hybridized carbons (Fsp3) is 0.320. The van der Waals surface area contributed by atoms with Gasteiger partial charge in [-0.15, -0.1) is 16.8 Å². The number of allylic oxidation sites excluding steroid dienone is 1. The summed E-state index contributed by atoms with van der Waals surface area (Å²) in [5.74, 6) is 1.65. The number of rotatable bonds is 10. The zero-order chi connectivity index (χ0) is 23.1. The number of carbonyl (C=O) groups excluding carboxylic acids is 1. The van der Waals surface area contributed by atoms with Crippen LogP contribution in [0.5, 0.6) is 0 Å². The molecule has 3 aromatic rings. The Balaban J connectivity index is 1.85. The molecule has 1 heterocycles. The molecule has 0 fully saturated rings. The molecule has 7 heteroatoms. The summed E-state index contributed by atoms with van der Waals surface area (Å²) in [5, 5.41) is 13.3. The highest BCUT2D eigenvalue weighted by Crippen LogP contribution is 2.28. The Bertz CT molecular complexity index is 1060. The summed E-state index contributed by atoms with van der Waals surface area (Å²) in [4.78, 5) is 13.0. The molecule has 0 aliphatic heterocycles. The van der Waals surface area contributed by atoms with Gasteiger partial charge < -0.3 is 9.88 Å². The zero-order valence-electron chi connectivity index (χ0n) is 18.7. The van der Waals surface area contributed by atoms with Crippen molar-refractivity contribution in [1.29, 1.82) is 0 Å². The molecule has 32 heavy (non-hydrogen) atoms. The van der Waals surface area contributed by atoms with E-state index in [9.17, 15) is 4.79 Å². The second-order valence-corrected chi connectivity index (χ2v) is 9.50. The van der Waals surface area contributed by atoms with Crippen LogP contribution in [0.1, 0.15) is 53.6 Å².